The number of anilines is 3. The zero-order valence-electron chi connectivity index (χ0n) is 13.6. The number of hydrogen-bond donors (Lipinski definition) is 3. The maximum atomic E-state index is 9.00. The number of nitrogens with one attached hydrogen (secondary N) is 2. The van der Waals surface area contributed by atoms with Gasteiger partial charge in [-0.2, -0.15) is 15.0 Å². The minimum Gasteiger partial charge on any atom is -0.395 e. The number of nitrogens with zero attached hydrogens (tertiary/aromatic N) is 5. The molecule has 3 N–H and O–H groups in total. The lowest BCUT2D eigenvalue weighted by Gasteiger charge is -2.27. The lowest BCUT2D eigenvalue weighted by molar-refractivity contribution is 0.311. The molecule has 0 amide bonds. The van der Waals surface area contributed by atoms with Crippen LogP contribution in [-0.4, -0.2) is 51.3 Å². The van der Waals surface area contributed by atoms with Crippen molar-refractivity contribution in [3.05, 3.63) is 30.1 Å². The van der Waals surface area contributed by atoms with Gasteiger partial charge in [-0.3, -0.25) is 4.98 Å². The first kappa shape index (κ1) is 16.4. The molecule has 1 saturated heterocycles. The van der Waals surface area contributed by atoms with Gasteiger partial charge in [-0.1, -0.05) is 6.07 Å². The van der Waals surface area contributed by atoms with Gasteiger partial charge >= 0.3 is 0 Å². The largest absolute Gasteiger partial charge is 0.395 e. The average Bonchev–Trinajstić information content (AvgIpc) is 2.66. The average molecular weight is 329 g/mol. The monoisotopic (exact) mass is 329 g/mol. The molecule has 3 rings (SSSR count). The third-order valence-electron chi connectivity index (χ3n) is 3.81. The molecule has 1 aliphatic rings. The maximum absolute atomic E-state index is 9.00. The normalized spacial score (nSPS) is 14.5. The van der Waals surface area contributed by atoms with Crippen molar-refractivity contribution in [1.29, 1.82) is 0 Å². The van der Waals surface area contributed by atoms with E-state index in [-0.39, 0.29) is 6.61 Å². The molecule has 3 heterocycles. The standard InChI is InChI=1S/C16H23N7O/c24-11-8-18-14-20-15(19-12-13-6-2-3-7-17-13)22-16(21-14)23-9-4-1-5-10-23/h2-3,6-7,24H,1,4-5,8-12H2,(H2,18,19,20,21,22). The lowest BCUT2D eigenvalue weighted by atomic mass is 10.1. The Morgan fingerprint density at radius 2 is 1.79 bits per heavy atom. The highest BCUT2D eigenvalue weighted by Gasteiger charge is 2.16. The summed E-state index contributed by atoms with van der Waals surface area (Å²) in [5.74, 6) is 1.66. The molecule has 24 heavy (non-hydrogen) atoms. The van der Waals surface area contributed by atoms with E-state index in [2.05, 4.69) is 35.5 Å². The molecule has 0 spiro atoms. The van der Waals surface area contributed by atoms with Gasteiger partial charge in [-0.25, -0.2) is 0 Å². The van der Waals surface area contributed by atoms with Gasteiger partial charge in [0.25, 0.3) is 0 Å². The SMILES string of the molecule is OCCNc1nc(NCc2ccccn2)nc(N2CCCCC2)n1. The quantitative estimate of drug-likeness (QED) is 0.698. The van der Waals surface area contributed by atoms with Gasteiger partial charge in [0, 0.05) is 25.8 Å². The molecule has 1 fully saturated rings. The predicted octanol–water partition coefficient (Wildman–Crippen LogP) is 1.27. The van der Waals surface area contributed by atoms with E-state index in [1.807, 2.05) is 18.2 Å². The highest BCUT2D eigenvalue weighted by atomic mass is 16.3. The van der Waals surface area contributed by atoms with Crippen molar-refractivity contribution in [3.63, 3.8) is 0 Å². The first-order valence-electron chi connectivity index (χ1n) is 8.35. The fourth-order valence-electron chi connectivity index (χ4n) is 2.60. The summed E-state index contributed by atoms with van der Waals surface area (Å²) in [5.41, 5.74) is 0.919. The zero-order valence-corrected chi connectivity index (χ0v) is 13.6. The lowest BCUT2D eigenvalue weighted by Crippen LogP contribution is -2.31. The molecule has 8 heteroatoms. The smallest absolute Gasteiger partial charge is 0.231 e. The third kappa shape index (κ3) is 4.51. The molecular weight excluding hydrogens is 306 g/mol. The van der Waals surface area contributed by atoms with Crippen LogP contribution in [0.1, 0.15) is 25.0 Å². The summed E-state index contributed by atoms with van der Waals surface area (Å²) >= 11 is 0. The van der Waals surface area contributed by atoms with Crippen LogP contribution in [0.3, 0.4) is 0 Å². The fourth-order valence-corrected chi connectivity index (χ4v) is 2.60. The van der Waals surface area contributed by atoms with Crippen molar-refractivity contribution in [1.82, 2.24) is 19.9 Å². The Balaban J connectivity index is 1.75. The molecule has 0 aliphatic carbocycles. The van der Waals surface area contributed by atoms with Crippen molar-refractivity contribution in [3.8, 4) is 0 Å². The van der Waals surface area contributed by atoms with E-state index in [4.69, 9.17) is 5.11 Å². The number of piperidine rings is 1. The van der Waals surface area contributed by atoms with Gasteiger partial charge in [-0.05, 0) is 31.4 Å². The van der Waals surface area contributed by atoms with Crippen LogP contribution in [0.15, 0.2) is 24.4 Å². The summed E-state index contributed by atoms with van der Waals surface area (Å²) in [6.45, 7) is 2.90. The second-order valence-electron chi connectivity index (χ2n) is 5.66. The predicted molar refractivity (Wildman–Crippen MR) is 93.0 cm³/mol. The van der Waals surface area contributed by atoms with E-state index in [1.165, 1.54) is 6.42 Å². The molecule has 0 saturated carbocycles. The zero-order chi connectivity index (χ0) is 16.6. The molecular formula is C16H23N7O. The number of pyridine rings is 1. The van der Waals surface area contributed by atoms with Crippen molar-refractivity contribution in [2.24, 2.45) is 0 Å². The minimum absolute atomic E-state index is 0.0292. The van der Waals surface area contributed by atoms with E-state index in [0.29, 0.717) is 30.9 Å². The van der Waals surface area contributed by atoms with Crippen LogP contribution in [0.25, 0.3) is 0 Å². The van der Waals surface area contributed by atoms with Gasteiger partial charge in [0.05, 0.1) is 18.8 Å². The Morgan fingerprint density at radius 1 is 1.00 bits per heavy atom. The summed E-state index contributed by atoms with van der Waals surface area (Å²) in [6.07, 6.45) is 5.32. The second kappa shape index (κ2) is 8.39. The Hall–Kier alpha value is -2.48. The first-order chi connectivity index (χ1) is 11.8. The molecule has 0 radical (unpaired) electrons. The number of aromatic nitrogens is 4. The molecule has 2 aromatic heterocycles. The number of aliphatic hydroxyl groups is 1. The topological polar surface area (TPSA) is 99.1 Å². The van der Waals surface area contributed by atoms with E-state index in [9.17, 15) is 0 Å². The van der Waals surface area contributed by atoms with Crippen LogP contribution in [-0.2, 0) is 6.54 Å². The van der Waals surface area contributed by atoms with Crippen LogP contribution in [0.2, 0.25) is 0 Å². The van der Waals surface area contributed by atoms with Crippen molar-refractivity contribution in [2.45, 2.75) is 25.8 Å². The Labute approximate surface area is 141 Å². The Bertz CT molecular complexity index is 632. The number of aliphatic hydroxyl groups excluding tert-OH is 1. The molecule has 8 nitrogen and oxygen atoms in total. The van der Waals surface area contributed by atoms with Gasteiger partial charge in [0.15, 0.2) is 0 Å². The number of rotatable bonds is 7. The van der Waals surface area contributed by atoms with E-state index in [1.54, 1.807) is 6.20 Å². The van der Waals surface area contributed by atoms with Crippen LogP contribution >= 0.6 is 0 Å². The van der Waals surface area contributed by atoms with Gasteiger partial charge < -0.3 is 20.6 Å². The van der Waals surface area contributed by atoms with Crippen molar-refractivity contribution in [2.75, 3.05) is 41.8 Å². The van der Waals surface area contributed by atoms with E-state index >= 15 is 0 Å². The molecule has 0 unspecified atom stereocenters. The Morgan fingerprint density at radius 3 is 2.50 bits per heavy atom. The van der Waals surface area contributed by atoms with E-state index in [0.717, 1.165) is 31.6 Å². The summed E-state index contributed by atoms with van der Waals surface area (Å²) in [5, 5.41) is 15.2. The van der Waals surface area contributed by atoms with Crippen LogP contribution in [0.4, 0.5) is 17.8 Å². The summed E-state index contributed by atoms with van der Waals surface area (Å²) in [6, 6.07) is 5.79. The molecule has 0 atom stereocenters. The fraction of sp³-hybridized carbons (Fsp3) is 0.500. The summed E-state index contributed by atoms with van der Waals surface area (Å²) in [7, 11) is 0. The van der Waals surface area contributed by atoms with Crippen LogP contribution < -0.4 is 15.5 Å². The summed E-state index contributed by atoms with van der Waals surface area (Å²) < 4.78 is 0. The maximum Gasteiger partial charge on any atom is 0.231 e. The molecule has 128 valence electrons. The molecule has 2 aromatic rings. The molecule has 0 aromatic carbocycles. The van der Waals surface area contributed by atoms with Crippen LogP contribution in [0, 0.1) is 0 Å². The highest BCUT2D eigenvalue weighted by molar-refractivity contribution is 5.44. The van der Waals surface area contributed by atoms with Gasteiger partial charge in [0.1, 0.15) is 0 Å². The molecule has 1 aliphatic heterocycles. The summed E-state index contributed by atoms with van der Waals surface area (Å²) in [4.78, 5) is 19.9. The van der Waals surface area contributed by atoms with E-state index < -0.39 is 0 Å². The second-order valence-corrected chi connectivity index (χ2v) is 5.66. The first-order valence-corrected chi connectivity index (χ1v) is 8.35. The Kier molecular flexibility index (Phi) is 5.73. The van der Waals surface area contributed by atoms with Crippen molar-refractivity contribution < 1.29 is 5.11 Å². The van der Waals surface area contributed by atoms with Gasteiger partial charge in [0.2, 0.25) is 17.8 Å². The van der Waals surface area contributed by atoms with Gasteiger partial charge in [-0.15, -0.1) is 0 Å². The van der Waals surface area contributed by atoms with Crippen LogP contribution in [0.5, 0.6) is 0 Å². The minimum atomic E-state index is 0.0292. The number of hydrogen-bond acceptors (Lipinski definition) is 8. The third-order valence-corrected chi connectivity index (χ3v) is 3.81. The molecule has 0 bridgehead atoms. The van der Waals surface area contributed by atoms with Crippen molar-refractivity contribution >= 4 is 17.8 Å². The highest BCUT2D eigenvalue weighted by Crippen LogP contribution is 2.18.